The molecule has 5 aromatic carbocycles. The Balaban J connectivity index is 1.35. The summed E-state index contributed by atoms with van der Waals surface area (Å²) in [4.78, 5) is 43.2. The minimum atomic E-state index is -0.559. The maximum atomic E-state index is 13.8. The van der Waals surface area contributed by atoms with Gasteiger partial charge in [-0.3, -0.25) is 19.3 Å². The van der Waals surface area contributed by atoms with Gasteiger partial charge in [0.1, 0.15) is 11.4 Å². The Hall–Kier alpha value is -6.00. The molecular formula is C40H37N3O6S. The molecule has 5 aromatic rings. The second-order valence-corrected chi connectivity index (χ2v) is 12.3. The molecule has 0 aliphatic heterocycles. The van der Waals surface area contributed by atoms with Crippen LogP contribution in [-0.4, -0.2) is 44.3 Å². The molecule has 10 heteroatoms. The lowest BCUT2D eigenvalue weighted by atomic mass is 10.1. The van der Waals surface area contributed by atoms with Crippen LogP contribution in [-0.2, 0) is 9.59 Å². The molecule has 0 spiro atoms. The van der Waals surface area contributed by atoms with Gasteiger partial charge < -0.3 is 24.8 Å². The summed E-state index contributed by atoms with van der Waals surface area (Å²) in [7, 11) is 4.51. The number of hydrogen-bond acceptors (Lipinski definition) is 7. The predicted molar refractivity (Wildman–Crippen MR) is 198 cm³/mol. The van der Waals surface area contributed by atoms with Crippen molar-refractivity contribution in [1.29, 1.82) is 0 Å². The quantitative estimate of drug-likeness (QED) is 0.0956. The van der Waals surface area contributed by atoms with E-state index in [0.29, 0.717) is 34.1 Å². The number of nitrogens with one attached hydrogen (secondary N) is 2. The Labute approximate surface area is 295 Å². The minimum Gasteiger partial charge on any atom is -0.496 e. The van der Waals surface area contributed by atoms with Crippen molar-refractivity contribution >= 4 is 52.6 Å². The number of carbonyl (C=O) groups is 3. The largest absolute Gasteiger partial charge is 0.496 e. The van der Waals surface area contributed by atoms with Crippen molar-refractivity contribution in [3.8, 4) is 17.2 Å². The fourth-order valence-corrected chi connectivity index (χ4v) is 5.98. The lowest BCUT2D eigenvalue weighted by molar-refractivity contribution is -0.117. The third kappa shape index (κ3) is 8.72. The molecule has 50 heavy (non-hydrogen) atoms. The van der Waals surface area contributed by atoms with Crippen molar-refractivity contribution in [2.75, 3.05) is 31.5 Å². The van der Waals surface area contributed by atoms with Gasteiger partial charge in [0.2, 0.25) is 5.91 Å². The average Bonchev–Trinajstić information content (AvgIpc) is 3.16. The molecule has 0 aliphatic rings. The normalized spacial score (nSPS) is 11.6. The molecule has 2 N–H and O–H groups in total. The van der Waals surface area contributed by atoms with Crippen LogP contribution in [0.4, 0.5) is 17.1 Å². The average molecular weight is 688 g/mol. The number of benzene rings is 5. The number of rotatable bonds is 13. The number of nitrogens with zero attached hydrogens (tertiary/aromatic N) is 1. The summed E-state index contributed by atoms with van der Waals surface area (Å²) in [6.45, 7) is 1.87. The van der Waals surface area contributed by atoms with Crippen molar-refractivity contribution in [3.05, 3.63) is 144 Å². The summed E-state index contributed by atoms with van der Waals surface area (Å²) >= 11 is 1.41. The van der Waals surface area contributed by atoms with E-state index in [1.54, 1.807) is 59.5 Å². The maximum Gasteiger partial charge on any atom is 0.272 e. The fourth-order valence-electron chi connectivity index (χ4n) is 5.07. The Bertz CT molecular complexity index is 1910. The first-order chi connectivity index (χ1) is 24.3. The van der Waals surface area contributed by atoms with Crippen molar-refractivity contribution in [3.63, 3.8) is 0 Å². The van der Waals surface area contributed by atoms with E-state index in [2.05, 4.69) is 10.6 Å². The van der Waals surface area contributed by atoms with Crippen LogP contribution < -0.4 is 29.7 Å². The molecule has 0 fully saturated rings. The molecule has 3 amide bonds. The third-order valence-electron chi connectivity index (χ3n) is 7.59. The van der Waals surface area contributed by atoms with Gasteiger partial charge in [-0.1, -0.05) is 54.6 Å². The Morgan fingerprint density at radius 2 is 1.20 bits per heavy atom. The van der Waals surface area contributed by atoms with E-state index in [9.17, 15) is 14.4 Å². The number of methoxy groups -OCH3 is 3. The highest BCUT2D eigenvalue weighted by Gasteiger charge is 2.25. The number of carbonyl (C=O) groups excluding carboxylic acids is 3. The van der Waals surface area contributed by atoms with Crippen molar-refractivity contribution < 1.29 is 28.6 Å². The molecule has 0 heterocycles. The van der Waals surface area contributed by atoms with Gasteiger partial charge in [0, 0.05) is 39.2 Å². The van der Waals surface area contributed by atoms with Gasteiger partial charge >= 0.3 is 0 Å². The smallest absolute Gasteiger partial charge is 0.272 e. The monoisotopic (exact) mass is 687 g/mol. The van der Waals surface area contributed by atoms with E-state index in [1.165, 1.54) is 39.2 Å². The second kappa shape index (κ2) is 16.9. The highest BCUT2D eigenvalue weighted by atomic mass is 32.2. The summed E-state index contributed by atoms with van der Waals surface area (Å²) in [5.74, 6) is 0.186. The van der Waals surface area contributed by atoms with Gasteiger partial charge in [-0.15, -0.1) is 11.8 Å². The Morgan fingerprint density at radius 1 is 0.680 bits per heavy atom. The van der Waals surface area contributed by atoms with E-state index in [0.717, 1.165) is 16.3 Å². The van der Waals surface area contributed by atoms with Crippen LogP contribution in [0.25, 0.3) is 6.08 Å². The van der Waals surface area contributed by atoms with E-state index < -0.39 is 17.1 Å². The SMILES string of the molecule is COc1cc(OC)c(OC)cc1/C=C(\NC(=O)c1ccccc1)C(=O)Nc1ccc(SC(C)C(=O)N(c2ccccc2)c2ccccc2)cc1. The number of amides is 3. The third-order valence-corrected chi connectivity index (χ3v) is 8.69. The van der Waals surface area contributed by atoms with E-state index in [1.807, 2.05) is 79.7 Å². The van der Waals surface area contributed by atoms with Crippen LogP contribution in [0.5, 0.6) is 17.2 Å². The van der Waals surface area contributed by atoms with Gasteiger partial charge in [-0.05, 0) is 79.7 Å². The molecule has 0 aliphatic carbocycles. The van der Waals surface area contributed by atoms with Gasteiger partial charge in [-0.25, -0.2) is 0 Å². The van der Waals surface area contributed by atoms with Gasteiger partial charge in [-0.2, -0.15) is 0 Å². The van der Waals surface area contributed by atoms with E-state index >= 15 is 0 Å². The van der Waals surface area contributed by atoms with Crippen molar-refractivity contribution in [2.45, 2.75) is 17.1 Å². The molecule has 0 saturated heterocycles. The van der Waals surface area contributed by atoms with Crippen molar-refractivity contribution in [1.82, 2.24) is 5.32 Å². The van der Waals surface area contributed by atoms with Crippen LogP contribution in [0.15, 0.2) is 138 Å². The van der Waals surface area contributed by atoms with Crippen LogP contribution in [0.1, 0.15) is 22.8 Å². The number of para-hydroxylation sites is 2. The van der Waals surface area contributed by atoms with Crippen LogP contribution in [0.2, 0.25) is 0 Å². The molecule has 0 bridgehead atoms. The van der Waals surface area contributed by atoms with Gasteiger partial charge in [0.25, 0.3) is 11.8 Å². The van der Waals surface area contributed by atoms with E-state index in [-0.39, 0.29) is 11.6 Å². The fraction of sp³-hybridized carbons (Fsp3) is 0.125. The first-order valence-electron chi connectivity index (χ1n) is 15.7. The lowest BCUT2D eigenvalue weighted by Crippen LogP contribution is -2.32. The van der Waals surface area contributed by atoms with Crippen LogP contribution >= 0.6 is 11.8 Å². The minimum absolute atomic E-state index is 0.0241. The highest BCUT2D eigenvalue weighted by molar-refractivity contribution is 8.00. The highest BCUT2D eigenvalue weighted by Crippen LogP contribution is 2.36. The summed E-state index contributed by atoms with van der Waals surface area (Å²) in [5, 5.41) is 5.19. The number of ether oxygens (including phenoxy) is 3. The zero-order chi connectivity index (χ0) is 35.5. The molecule has 5 rings (SSSR count). The van der Waals surface area contributed by atoms with E-state index in [4.69, 9.17) is 14.2 Å². The Kier molecular flexibility index (Phi) is 11.9. The second-order valence-electron chi connectivity index (χ2n) is 10.9. The first kappa shape index (κ1) is 35.3. The first-order valence-corrected chi connectivity index (χ1v) is 16.6. The molecular weight excluding hydrogens is 651 g/mol. The summed E-state index contributed by atoms with van der Waals surface area (Å²) in [5.41, 5.74) is 2.89. The zero-order valence-corrected chi connectivity index (χ0v) is 28.9. The molecule has 0 aromatic heterocycles. The maximum absolute atomic E-state index is 13.8. The summed E-state index contributed by atoms with van der Waals surface area (Å²) in [6, 6.07) is 38.1. The van der Waals surface area contributed by atoms with Gasteiger partial charge in [0.05, 0.1) is 26.6 Å². The molecule has 9 nitrogen and oxygen atoms in total. The lowest BCUT2D eigenvalue weighted by Gasteiger charge is -2.26. The number of hydrogen-bond donors (Lipinski definition) is 2. The summed E-state index contributed by atoms with van der Waals surface area (Å²) in [6.07, 6.45) is 1.51. The number of thioether (sulfide) groups is 1. The Morgan fingerprint density at radius 3 is 1.74 bits per heavy atom. The number of anilines is 3. The van der Waals surface area contributed by atoms with Gasteiger partial charge in [0.15, 0.2) is 11.5 Å². The topological polar surface area (TPSA) is 106 Å². The molecule has 0 saturated carbocycles. The molecule has 1 atom stereocenters. The molecule has 1 unspecified atom stereocenters. The van der Waals surface area contributed by atoms with Crippen molar-refractivity contribution in [2.24, 2.45) is 0 Å². The zero-order valence-electron chi connectivity index (χ0n) is 28.1. The van der Waals surface area contributed by atoms with Crippen LogP contribution in [0.3, 0.4) is 0 Å². The molecule has 0 radical (unpaired) electrons. The van der Waals surface area contributed by atoms with Crippen LogP contribution in [0, 0.1) is 0 Å². The summed E-state index contributed by atoms with van der Waals surface area (Å²) < 4.78 is 16.4. The predicted octanol–water partition coefficient (Wildman–Crippen LogP) is 7.97. The standard InChI is InChI=1S/C40H37N3O6S/c1-27(40(46)43(31-16-10-6-11-17-31)32-18-12-7-13-19-32)50-33-22-20-30(21-23-33)41-39(45)34(42-38(44)28-14-8-5-9-15-28)24-29-25-36(48-3)37(49-4)26-35(29)47-2/h5-27H,1-4H3,(H,41,45)(H,42,44)/b34-24-. The molecule has 254 valence electrons.